The lowest BCUT2D eigenvalue weighted by Crippen LogP contribution is -2.43. The first kappa shape index (κ1) is 26.0. The van der Waals surface area contributed by atoms with Crippen molar-refractivity contribution in [1.29, 1.82) is 10.5 Å². The van der Waals surface area contributed by atoms with E-state index in [1.165, 1.54) is 0 Å². The third kappa shape index (κ3) is 8.39. The molecule has 0 aromatic heterocycles. The summed E-state index contributed by atoms with van der Waals surface area (Å²) < 4.78 is 4.53. The fourth-order valence-electron chi connectivity index (χ4n) is 2.56. The lowest BCUT2D eigenvalue weighted by Gasteiger charge is -2.13. The van der Waals surface area contributed by atoms with Gasteiger partial charge in [0.15, 0.2) is 0 Å². The molecule has 2 saturated heterocycles. The topological polar surface area (TPSA) is 190 Å². The van der Waals surface area contributed by atoms with Crippen LogP contribution in [0.2, 0.25) is 0 Å². The number of cyclic esters (lactones) is 1. The van der Waals surface area contributed by atoms with Gasteiger partial charge in [0.05, 0.1) is 30.5 Å². The SMILES string of the molecule is CC(C#N)CC(=O)NC(=O)N1CCCC1=O.CC(C#N)CC(=O)NC(=O)N1CCOC1=O. The van der Waals surface area contributed by atoms with E-state index in [1.807, 2.05) is 17.5 Å². The highest BCUT2D eigenvalue weighted by Crippen LogP contribution is 2.09. The quantitative estimate of drug-likeness (QED) is 0.620. The number of hydrogen-bond acceptors (Lipinski definition) is 9. The van der Waals surface area contributed by atoms with Crippen molar-refractivity contribution in [1.82, 2.24) is 20.4 Å². The molecule has 2 aliphatic rings. The molecular weight excluding hydrogens is 424 g/mol. The number of amides is 8. The largest absolute Gasteiger partial charge is 0.447 e. The third-order valence-electron chi connectivity index (χ3n) is 4.24. The van der Waals surface area contributed by atoms with Gasteiger partial charge in [0.25, 0.3) is 0 Å². The van der Waals surface area contributed by atoms with Crippen molar-refractivity contribution in [3.8, 4) is 12.1 Å². The van der Waals surface area contributed by atoms with Crippen LogP contribution in [-0.2, 0) is 19.1 Å². The molecule has 0 aliphatic carbocycles. The van der Waals surface area contributed by atoms with Crippen molar-refractivity contribution in [2.24, 2.45) is 11.8 Å². The van der Waals surface area contributed by atoms with Crippen molar-refractivity contribution in [2.45, 2.75) is 39.5 Å². The second-order valence-electron chi connectivity index (χ2n) is 7.09. The number of hydrogen-bond donors (Lipinski definition) is 2. The van der Waals surface area contributed by atoms with Gasteiger partial charge in [-0.2, -0.15) is 10.5 Å². The highest BCUT2D eigenvalue weighted by molar-refractivity contribution is 6.03. The smallest absolute Gasteiger partial charge is 0.418 e. The lowest BCUT2D eigenvalue weighted by atomic mass is 10.1. The molecule has 0 radical (unpaired) electrons. The van der Waals surface area contributed by atoms with Gasteiger partial charge in [-0.05, 0) is 20.3 Å². The first-order valence-electron chi connectivity index (χ1n) is 9.80. The van der Waals surface area contributed by atoms with Gasteiger partial charge in [0.2, 0.25) is 17.7 Å². The number of urea groups is 2. The monoisotopic (exact) mass is 448 g/mol. The van der Waals surface area contributed by atoms with Gasteiger partial charge < -0.3 is 4.74 Å². The molecule has 0 saturated carbocycles. The summed E-state index contributed by atoms with van der Waals surface area (Å²) in [4.78, 5) is 69.2. The van der Waals surface area contributed by atoms with Gasteiger partial charge in [0, 0.05) is 25.8 Å². The van der Waals surface area contributed by atoms with Crippen molar-refractivity contribution in [3.63, 3.8) is 0 Å². The summed E-state index contributed by atoms with van der Waals surface area (Å²) in [6, 6.07) is 2.27. The second-order valence-corrected chi connectivity index (χ2v) is 7.09. The summed E-state index contributed by atoms with van der Waals surface area (Å²) in [6.07, 6.45) is 0.0966. The Morgan fingerprint density at radius 2 is 1.44 bits per heavy atom. The summed E-state index contributed by atoms with van der Waals surface area (Å²) in [7, 11) is 0. The average Bonchev–Trinajstić information content (AvgIpc) is 3.35. The Morgan fingerprint density at radius 1 is 0.938 bits per heavy atom. The van der Waals surface area contributed by atoms with E-state index in [9.17, 15) is 28.8 Å². The minimum atomic E-state index is -0.808. The van der Waals surface area contributed by atoms with Gasteiger partial charge >= 0.3 is 18.2 Å². The third-order valence-corrected chi connectivity index (χ3v) is 4.24. The van der Waals surface area contributed by atoms with Crippen molar-refractivity contribution in [2.75, 3.05) is 19.7 Å². The van der Waals surface area contributed by atoms with E-state index in [1.54, 1.807) is 13.8 Å². The zero-order valence-corrected chi connectivity index (χ0v) is 17.8. The van der Waals surface area contributed by atoms with Crippen LogP contribution in [0.3, 0.4) is 0 Å². The number of imide groups is 4. The predicted molar refractivity (Wildman–Crippen MR) is 105 cm³/mol. The zero-order chi connectivity index (χ0) is 24.3. The van der Waals surface area contributed by atoms with E-state index in [0.29, 0.717) is 19.4 Å². The molecule has 2 unspecified atom stereocenters. The van der Waals surface area contributed by atoms with Gasteiger partial charge in [-0.25, -0.2) is 19.3 Å². The van der Waals surface area contributed by atoms with Crippen LogP contribution in [0.25, 0.3) is 0 Å². The summed E-state index contributed by atoms with van der Waals surface area (Å²) in [6.45, 7) is 3.77. The maximum Gasteiger partial charge on any atom is 0.418 e. The van der Waals surface area contributed by atoms with E-state index < -0.39 is 41.8 Å². The summed E-state index contributed by atoms with van der Waals surface area (Å²) in [5.74, 6) is -2.29. The van der Waals surface area contributed by atoms with Crippen molar-refractivity contribution < 1.29 is 33.5 Å². The molecule has 0 spiro atoms. The Bertz CT molecular complexity index is 789. The molecular formula is C19H24N6O7. The van der Waals surface area contributed by atoms with E-state index >= 15 is 0 Å². The molecule has 13 nitrogen and oxygen atoms in total. The fourth-order valence-corrected chi connectivity index (χ4v) is 2.56. The molecule has 2 fully saturated rings. The van der Waals surface area contributed by atoms with Crippen LogP contribution in [0.15, 0.2) is 0 Å². The Hall–Kier alpha value is -4.00. The molecule has 0 aromatic carbocycles. The van der Waals surface area contributed by atoms with Crippen LogP contribution in [0.5, 0.6) is 0 Å². The number of nitriles is 2. The van der Waals surface area contributed by atoms with Crippen LogP contribution >= 0.6 is 0 Å². The van der Waals surface area contributed by atoms with Crippen LogP contribution in [0, 0.1) is 34.5 Å². The molecule has 32 heavy (non-hydrogen) atoms. The first-order valence-corrected chi connectivity index (χ1v) is 9.80. The molecule has 0 aromatic rings. The van der Waals surface area contributed by atoms with E-state index in [0.717, 1.165) is 9.80 Å². The summed E-state index contributed by atoms with van der Waals surface area (Å²) >= 11 is 0. The minimum absolute atomic E-state index is 0.0374. The number of nitrogens with one attached hydrogen (secondary N) is 2. The highest BCUT2D eigenvalue weighted by Gasteiger charge is 2.29. The number of carbonyl (C=O) groups excluding carboxylic acids is 6. The molecule has 2 N–H and O–H groups in total. The molecule has 13 heteroatoms. The van der Waals surface area contributed by atoms with Gasteiger partial charge in [0.1, 0.15) is 6.61 Å². The van der Waals surface area contributed by atoms with Gasteiger partial charge in [-0.3, -0.25) is 29.9 Å². The van der Waals surface area contributed by atoms with E-state index in [4.69, 9.17) is 10.5 Å². The molecule has 2 aliphatic heterocycles. The first-order chi connectivity index (χ1) is 15.1. The number of rotatable bonds is 4. The van der Waals surface area contributed by atoms with Crippen LogP contribution < -0.4 is 10.6 Å². The number of carbonyl (C=O) groups is 6. The lowest BCUT2D eigenvalue weighted by molar-refractivity contribution is -0.125. The zero-order valence-electron chi connectivity index (χ0n) is 17.8. The summed E-state index contributed by atoms with van der Waals surface area (Å²) in [5.41, 5.74) is 0. The van der Waals surface area contributed by atoms with Gasteiger partial charge in [-0.15, -0.1) is 0 Å². The van der Waals surface area contributed by atoms with Crippen LogP contribution in [0.1, 0.15) is 39.5 Å². The molecule has 8 amide bonds. The Kier molecular flexibility index (Phi) is 10.3. The number of nitrogens with zero attached hydrogens (tertiary/aromatic N) is 4. The van der Waals surface area contributed by atoms with E-state index in [2.05, 4.69) is 10.1 Å². The van der Waals surface area contributed by atoms with Crippen LogP contribution in [-0.4, -0.2) is 65.4 Å². The normalized spacial score (nSPS) is 16.5. The molecule has 0 bridgehead atoms. The fraction of sp³-hybridized carbons (Fsp3) is 0.579. The Morgan fingerprint density at radius 3 is 1.81 bits per heavy atom. The second kappa shape index (κ2) is 12.6. The average molecular weight is 448 g/mol. The highest BCUT2D eigenvalue weighted by atomic mass is 16.6. The Labute approximate surface area is 184 Å². The standard InChI is InChI=1S/C10H13N3O3.C9H11N3O4/c1-7(6-11)5-8(14)12-10(16)13-4-2-3-9(13)15;1-6(5-10)4-7(13)11-8(14)12-2-3-16-9(12)15/h7H,2-5H2,1H3,(H,12,14,16);6H,2-4H2,1H3,(H,11,13,14). The van der Waals surface area contributed by atoms with Crippen molar-refractivity contribution >= 4 is 35.9 Å². The Balaban J connectivity index is 0.000000320. The van der Waals surface area contributed by atoms with Crippen LogP contribution in [0.4, 0.5) is 14.4 Å². The number of likely N-dealkylation sites (tertiary alicyclic amines) is 1. The number of ether oxygens (including phenoxy) is 1. The molecule has 2 heterocycles. The summed E-state index contributed by atoms with van der Waals surface area (Å²) in [5, 5.41) is 21.1. The van der Waals surface area contributed by atoms with E-state index in [-0.39, 0.29) is 31.9 Å². The maximum absolute atomic E-state index is 11.4. The molecule has 2 rings (SSSR count). The minimum Gasteiger partial charge on any atom is -0.447 e. The molecule has 2 atom stereocenters. The van der Waals surface area contributed by atoms with Crippen molar-refractivity contribution in [3.05, 3.63) is 0 Å². The maximum atomic E-state index is 11.4. The van der Waals surface area contributed by atoms with Gasteiger partial charge in [-0.1, -0.05) is 0 Å². The molecule has 172 valence electrons. The predicted octanol–water partition coefficient (Wildman–Crippen LogP) is 0.619.